The number of aromatic nitrogens is 2. The van der Waals surface area contributed by atoms with Crippen LogP contribution in [0.3, 0.4) is 0 Å². The fourth-order valence-corrected chi connectivity index (χ4v) is 2.31. The van der Waals surface area contributed by atoms with Gasteiger partial charge in [0.1, 0.15) is 5.58 Å². The van der Waals surface area contributed by atoms with Crippen LogP contribution in [0.1, 0.15) is 17.5 Å². The lowest BCUT2D eigenvalue weighted by atomic mass is 10.2. The largest absolute Gasteiger partial charge is 0.463 e. The molecule has 0 aliphatic carbocycles. The number of nitrogens with zero attached hydrogens (tertiary/aromatic N) is 2. The summed E-state index contributed by atoms with van der Waals surface area (Å²) in [5, 5.41) is 6.15. The molecule has 1 aromatic carbocycles. The first kappa shape index (κ1) is 12.7. The second-order valence-corrected chi connectivity index (χ2v) is 4.82. The van der Waals surface area contributed by atoms with E-state index in [1.807, 2.05) is 23.7 Å². The van der Waals surface area contributed by atoms with Gasteiger partial charge in [-0.05, 0) is 19.1 Å². The SMILES string of the molecule is COC(=O)c1cc2c(ccc3cnn(C[C@H](C)N)c32)o1. The van der Waals surface area contributed by atoms with Crippen LogP contribution in [0.25, 0.3) is 21.9 Å². The van der Waals surface area contributed by atoms with Crippen molar-refractivity contribution in [2.45, 2.75) is 19.5 Å². The minimum Gasteiger partial charge on any atom is -0.463 e. The molecule has 1 atom stereocenters. The third-order valence-corrected chi connectivity index (χ3v) is 3.15. The number of carbonyl (C=O) groups is 1. The van der Waals surface area contributed by atoms with Gasteiger partial charge in [0, 0.05) is 22.9 Å². The van der Waals surface area contributed by atoms with Gasteiger partial charge in [0.2, 0.25) is 5.76 Å². The smallest absolute Gasteiger partial charge is 0.373 e. The van der Waals surface area contributed by atoms with E-state index in [2.05, 4.69) is 9.84 Å². The molecule has 0 saturated heterocycles. The zero-order chi connectivity index (χ0) is 14.3. The van der Waals surface area contributed by atoms with Crippen LogP contribution in [-0.4, -0.2) is 28.9 Å². The van der Waals surface area contributed by atoms with Gasteiger partial charge in [0.15, 0.2) is 0 Å². The van der Waals surface area contributed by atoms with Gasteiger partial charge in [-0.1, -0.05) is 0 Å². The maximum atomic E-state index is 11.6. The van der Waals surface area contributed by atoms with E-state index in [0.29, 0.717) is 12.1 Å². The summed E-state index contributed by atoms with van der Waals surface area (Å²) in [6, 6.07) is 5.40. The summed E-state index contributed by atoms with van der Waals surface area (Å²) in [6.45, 7) is 2.52. The predicted octanol–water partition coefficient (Wildman–Crippen LogP) is 1.92. The Morgan fingerprint density at radius 2 is 2.35 bits per heavy atom. The predicted molar refractivity (Wildman–Crippen MR) is 74.5 cm³/mol. The monoisotopic (exact) mass is 273 g/mol. The van der Waals surface area contributed by atoms with Crippen LogP contribution in [-0.2, 0) is 11.3 Å². The third kappa shape index (κ3) is 1.94. The second kappa shape index (κ2) is 4.64. The number of hydrogen-bond donors (Lipinski definition) is 1. The normalized spacial score (nSPS) is 12.9. The first-order chi connectivity index (χ1) is 9.60. The molecule has 0 spiro atoms. The Balaban J connectivity index is 2.24. The van der Waals surface area contributed by atoms with Gasteiger partial charge >= 0.3 is 5.97 Å². The first-order valence-electron chi connectivity index (χ1n) is 6.32. The summed E-state index contributed by atoms with van der Waals surface area (Å²) in [4.78, 5) is 11.6. The molecule has 0 amide bonds. The second-order valence-electron chi connectivity index (χ2n) is 4.82. The molecule has 0 fully saturated rings. The summed E-state index contributed by atoms with van der Waals surface area (Å²) in [5.74, 6) is -0.309. The molecular formula is C14H15N3O3. The highest BCUT2D eigenvalue weighted by Crippen LogP contribution is 2.28. The van der Waals surface area contributed by atoms with Gasteiger partial charge in [0.05, 0.1) is 25.4 Å². The van der Waals surface area contributed by atoms with Gasteiger partial charge in [0.25, 0.3) is 0 Å². The Kier molecular flexibility index (Phi) is 2.94. The van der Waals surface area contributed by atoms with Crippen molar-refractivity contribution >= 4 is 27.8 Å². The van der Waals surface area contributed by atoms with E-state index in [1.54, 1.807) is 12.3 Å². The topological polar surface area (TPSA) is 83.3 Å². The zero-order valence-electron chi connectivity index (χ0n) is 11.3. The molecule has 2 N–H and O–H groups in total. The molecule has 6 heteroatoms. The number of carbonyl (C=O) groups excluding carboxylic acids is 1. The molecule has 0 bridgehead atoms. The molecular weight excluding hydrogens is 258 g/mol. The van der Waals surface area contributed by atoms with Gasteiger partial charge < -0.3 is 14.9 Å². The highest BCUT2D eigenvalue weighted by molar-refractivity contribution is 6.06. The summed E-state index contributed by atoms with van der Waals surface area (Å²) < 4.78 is 12.0. The number of furan rings is 1. The fraction of sp³-hybridized carbons (Fsp3) is 0.286. The Bertz CT molecular complexity index is 786. The van der Waals surface area contributed by atoms with Gasteiger partial charge in [-0.25, -0.2) is 4.79 Å². The van der Waals surface area contributed by atoms with Crippen LogP contribution >= 0.6 is 0 Å². The molecule has 0 aliphatic rings. The van der Waals surface area contributed by atoms with Crippen molar-refractivity contribution < 1.29 is 13.9 Å². The van der Waals surface area contributed by atoms with E-state index < -0.39 is 5.97 Å². The summed E-state index contributed by atoms with van der Waals surface area (Å²) in [7, 11) is 1.32. The number of hydrogen-bond acceptors (Lipinski definition) is 5. The molecule has 6 nitrogen and oxygen atoms in total. The number of benzene rings is 1. The van der Waals surface area contributed by atoms with E-state index in [-0.39, 0.29) is 11.8 Å². The highest BCUT2D eigenvalue weighted by Gasteiger charge is 2.16. The third-order valence-electron chi connectivity index (χ3n) is 3.15. The molecule has 0 saturated carbocycles. The Morgan fingerprint density at radius 1 is 1.55 bits per heavy atom. The van der Waals surface area contributed by atoms with Crippen LogP contribution in [0.2, 0.25) is 0 Å². The van der Waals surface area contributed by atoms with Crippen molar-refractivity contribution in [2.75, 3.05) is 7.11 Å². The van der Waals surface area contributed by atoms with Crippen molar-refractivity contribution in [3.8, 4) is 0 Å². The molecule has 0 aliphatic heterocycles. The number of fused-ring (bicyclic) bond motifs is 3. The number of rotatable bonds is 3. The van der Waals surface area contributed by atoms with Crippen LogP contribution in [0.4, 0.5) is 0 Å². The summed E-state index contributed by atoms with van der Waals surface area (Å²) in [6.07, 6.45) is 1.78. The van der Waals surface area contributed by atoms with E-state index in [9.17, 15) is 4.79 Å². The van der Waals surface area contributed by atoms with Crippen molar-refractivity contribution in [2.24, 2.45) is 5.73 Å². The average molecular weight is 273 g/mol. The van der Waals surface area contributed by atoms with E-state index in [4.69, 9.17) is 10.2 Å². The molecule has 2 heterocycles. The fourth-order valence-electron chi connectivity index (χ4n) is 2.31. The molecule has 104 valence electrons. The Labute approximate surface area is 115 Å². The molecule has 3 rings (SSSR count). The van der Waals surface area contributed by atoms with Crippen LogP contribution in [0.5, 0.6) is 0 Å². The number of esters is 1. The minimum absolute atomic E-state index is 0.0136. The summed E-state index contributed by atoms with van der Waals surface area (Å²) >= 11 is 0. The number of methoxy groups -OCH3 is 1. The zero-order valence-corrected chi connectivity index (χ0v) is 11.3. The van der Waals surface area contributed by atoms with Gasteiger partial charge in [-0.3, -0.25) is 4.68 Å². The lowest BCUT2D eigenvalue weighted by Crippen LogP contribution is -2.22. The molecule has 3 aromatic rings. The number of ether oxygens (including phenoxy) is 1. The summed E-state index contributed by atoms with van der Waals surface area (Å²) in [5.41, 5.74) is 7.38. The highest BCUT2D eigenvalue weighted by atomic mass is 16.5. The van der Waals surface area contributed by atoms with Crippen LogP contribution in [0, 0.1) is 0 Å². The average Bonchev–Trinajstić information content (AvgIpc) is 3.00. The minimum atomic E-state index is -0.493. The Hall–Kier alpha value is -2.34. The standard InChI is InChI=1S/C14H15N3O3/c1-8(15)7-17-13-9(6-16-17)3-4-11-10(13)5-12(20-11)14(18)19-2/h3-6,8H,7,15H2,1-2H3/t8-/m0/s1. The van der Waals surface area contributed by atoms with Gasteiger partial charge in [-0.15, -0.1) is 0 Å². The lowest BCUT2D eigenvalue weighted by Gasteiger charge is -2.06. The maximum Gasteiger partial charge on any atom is 0.373 e. The molecule has 0 radical (unpaired) electrons. The number of nitrogens with two attached hydrogens (primary N) is 1. The quantitative estimate of drug-likeness (QED) is 0.737. The molecule has 2 aromatic heterocycles. The van der Waals surface area contributed by atoms with E-state index >= 15 is 0 Å². The molecule has 0 unspecified atom stereocenters. The van der Waals surface area contributed by atoms with Crippen molar-refractivity contribution in [3.05, 3.63) is 30.2 Å². The first-order valence-corrected chi connectivity index (χ1v) is 6.32. The van der Waals surface area contributed by atoms with E-state index in [1.165, 1.54) is 7.11 Å². The van der Waals surface area contributed by atoms with Crippen LogP contribution < -0.4 is 5.73 Å². The lowest BCUT2D eigenvalue weighted by molar-refractivity contribution is 0.0567. The maximum absolute atomic E-state index is 11.6. The van der Waals surface area contributed by atoms with Crippen LogP contribution in [0.15, 0.2) is 28.8 Å². The van der Waals surface area contributed by atoms with Crippen molar-refractivity contribution in [3.63, 3.8) is 0 Å². The van der Waals surface area contributed by atoms with Crippen molar-refractivity contribution in [1.29, 1.82) is 0 Å². The Morgan fingerprint density at radius 3 is 3.05 bits per heavy atom. The van der Waals surface area contributed by atoms with E-state index in [0.717, 1.165) is 16.3 Å². The molecule has 20 heavy (non-hydrogen) atoms. The van der Waals surface area contributed by atoms with Crippen molar-refractivity contribution in [1.82, 2.24) is 9.78 Å². The van der Waals surface area contributed by atoms with Gasteiger partial charge in [-0.2, -0.15) is 5.10 Å².